The number of carbonyl (C=O) groups excluding carboxylic acids is 2. The van der Waals surface area contributed by atoms with Gasteiger partial charge in [-0.2, -0.15) is 0 Å². The Kier molecular flexibility index (Phi) is 4.40. The van der Waals surface area contributed by atoms with Gasteiger partial charge in [0.15, 0.2) is 0 Å². The summed E-state index contributed by atoms with van der Waals surface area (Å²) in [5.74, 6) is 0.890. The molecule has 1 aromatic heterocycles. The van der Waals surface area contributed by atoms with Crippen molar-refractivity contribution in [3.05, 3.63) is 23.7 Å². The van der Waals surface area contributed by atoms with E-state index in [2.05, 4.69) is 0 Å². The van der Waals surface area contributed by atoms with Crippen molar-refractivity contribution in [3.63, 3.8) is 0 Å². The predicted octanol–water partition coefficient (Wildman–Crippen LogP) is 2.82. The van der Waals surface area contributed by atoms with E-state index in [0.717, 1.165) is 31.6 Å². The van der Waals surface area contributed by atoms with Crippen LogP contribution in [0.5, 0.6) is 0 Å². The van der Waals surface area contributed by atoms with Gasteiger partial charge in [0.1, 0.15) is 11.5 Å². The summed E-state index contributed by atoms with van der Waals surface area (Å²) in [5, 5.41) is 0. The molecular weight excluding hydrogens is 242 g/mol. The maximum Gasteiger partial charge on any atom is 0.257 e. The Bertz CT molecular complexity index is 464. The standard InChI is InChI=1S/C15H21NO3/c1-3-14-13(7-9-19-14)15(18)16-8-5-4-6-12(16)10-11(2)17/h7,9,12H,3-6,8,10H2,1-2H3. The van der Waals surface area contributed by atoms with Crippen LogP contribution in [0.4, 0.5) is 0 Å². The third-order valence-electron chi connectivity index (χ3n) is 3.71. The van der Waals surface area contributed by atoms with Crippen molar-refractivity contribution in [1.82, 2.24) is 4.90 Å². The van der Waals surface area contributed by atoms with Gasteiger partial charge in [0.2, 0.25) is 0 Å². The van der Waals surface area contributed by atoms with E-state index >= 15 is 0 Å². The van der Waals surface area contributed by atoms with Gasteiger partial charge in [0.25, 0.3) is 5.91 Å². The molecule has 1 aliphatic heterocycles. The molecule has 1 saturated heterocycles. The molecular formula is C15H21NO3. The van der Waals surface area contributed by atoms with Gasteiger partial charge in [0, 0.05) is 25.4 Å². The fourth-order valence-corrected chi connectivity index (χ4v) is 2.77. The quantitative estimate of drug-likeness (QED) is 0.839. The van der Waals surface area contributed by atoms with Crippen molar-refractivity contribution >= 4 is 11.7 Å². The summed E-state index contributed by atoms with van der Waals surface area (Å²) in [6.45, 7) is 4.30. The molecule has 0 aliphatic carbocycles. The monoisotopic (exact) mass is 263 g/mol. The topological polar surface area (TPSA) is 50.5 Å². The summed E-state index contributed by atoms with van der Waals surface area (Å²) in [4.78, 5) is 25.8. The lowest BCUT2D eigenvalue weighted by atomic mass is 9.96. The summed E-state index contributed by atoms with van der Waals surface area (Å²) < 4.78 is 5.33. The fourth-order valence-electron chi connectivity index (χ4n) is 2.77. The minimum absolute atomic E-state index is 0.0107. The van der Waals surface area contributed by atoms with E-state index in [1.807, 2.05) is 11.8 Å². The molecule has 0 bridgehead atoms. The van der Waals surface area contributed by atoms with Gasteiger partial charge in [-0.25, -0.2) is 0 Å². The first-order valence-corrected chi connectivity index (χ1v) is 7.00. The Balaban J connectivity index is 2.17. The summed E-state index contributed by atoms with van der Waals surface area (Å²) in [5.41, 5.74) is 0.651. The number of rotatable bonds is 4. The van der Waals surface area contributed by atoms with Gasteiger partial charge in [-0.05, 0) is 32.3 Å². The SMILES string of the molecule is CCc1occc1C(=O)N1CCCCC1CC(C)=O. The normalized spacial score (nSPS) is 19.5. The first-order valence-electron chi connectivity index (χ1n) is 7.00. The molecule has 1 amide bonds. The van der Waals surface area contributed by atoms with E-state index in [-0.39, 0.29) is 17.7 Å². The lowest BCUT2D eigenvalue weighted by Gasteiger charge is -2.35. The highest BCUT2D eigenvalue weighted by atomic mass is 16.3. The maximum atomic E-state index is 12.6. The van der Waals surface area contributed by atoms with Gasteiger partial charge >= 0.3 is 0 Å². The average Bonchev–Trinajstić information content (AvgIpc) is 2.86. The van der Waals surface area contributed by atoms with E-state index in [1.54, 1.807) is 19.3 Å². The van der Waals surface area contributed by atoms with Gasteiger partial charge in [-0.1, -0.05) is 6.92 Å². The molecule has 0 radical (unpaired) electrons. The van der Waals surface area contributed by atoms with Crippen molar-refractivity contribution in [2.24, 2.45) is 0 Å². The van der Waals surface area contributed by atoms with Crippen LogP contribution in [0.2, 0.25) is 0 Å². The minimum Gasteiger partial charge on any atom is -0.469 e. The first kappa shape index (κ1) is 13.8. The Labute approximate surface area is 113 Å². The number of hydrogen-bond acceptors (Lipinski definition) is 3. The third-order valence-corrected chi connectivity index (χ3v) is 3.71. The van der Waals surface area contributed by atoms with E-state index in [1.165, 1.54) is 0 Å². The summed E-state index contributed by atoms with van der Waals surface area (Å²) >= 11 is 0. The fraction of sp³-hybridized carbons (Fsp3) is 0.600. The molecule has 1 aliphatic rings. The van der Waals surface area contributed by atoms with E-state index < -0.39 is 0 Å². The van der Waals surface area contributed by atoms with E-state index in [4.69, 9.17) is 4.42 Å². The van der Waals surface area contributed by atoms with Crippen LogP contribution in [0.3, 0.4) is 0 Å². The first-order chi connectivity index (χ1) is 9.13. The van der Waals surface area contributed by atoms with Crippen LogP contribution in [-0.2, 0) is 11.2 Å². The Hall–Kier alpha value is -1.58. The smallest absolute Gasteiger partial charge is 0.257 e. The highest BCUT2D eigenvalue weighted by Gasteiger charge is 2.29. The third kappa shape index (κ3) is 3.06. The van der Waals surface area contributed by atoms with Crippen molar-refractivity contribution in [2.45, 2.75) is 52.0 Å². The van der Waals surface area contributed by atoms with Crippen LogP contribution in [0, 0.1) is 0 Å². The number of aryl methyl sites for hydroxylation is 1. The largest absolute Gasteiger partial charge is 0.469 e. The summed E-state index contributed by atoms with van der Waals surface area (Å²) in [6.07, 6.45) is 5.76. The minimum atomic E-state index is 0.0107. The zero-order chi connectivity index (χ0) is 13.8. The van der Waals surface area contributed by atoms with Gasteiger partial charge in [-0.3, -0.25) is 9.59 Å². The van der Waals surface area contributed by atoms with Crippen molar-refractivity contribution < 1.29 is 14.0 Å². The summed E-state index contributed by atoms with van der Waals surface area (Å²) in [7, 11) is 0. The molecule has 19 heavy (non-hydrogen) atoms. The van der Waals surface area contributed by atoms with E-state index in [0.29, 0.717) is 18.4 Å². The zero-order valence-corrected chi connectivity index (χ0v) is 11.6. The molecule has 1 aromatic rings. The number of piperidine rings is 1. The van der Waals surface area contributed by atoms with Crippen LogP contribution >= 0.6 is 0 Å². The molecule has 0 saturated carbocycles. The average molecular weight is 263 g/mol. The molecule has 4 heteroatoms. The molecule has 0 N–H and O–H groups in total. The van der Waals surface area contributed by atoms with Gasteiger partial charge < -0.3 is 9.32 Å². The second-order valence-electron chi connectivity index (χ2n) is 5.17. The number of hydrogen-bond donors (Lipinski definition) is 0. The molecule has 1 unspecified atom stereocenters. The maximum absolute atomic E-state index is 12.6. The number of carbonyl (C=O) groups is 2. The number of nitrogens with zero attached hydrogens (tertiary/aromatic N) is 1. The molecule has 104 valence electrons. The Morgan fingerprint density at radius 1 is 1.42 bits per heavy atom. The van der Waals surface area contributed by atoms with Crippen LogP contribution in [0.15, 0.2) is 16.7 Å². The highest BCUT2D eigenvalue weighted by molar-refractivity contribution is 5.95. The molecule has 0 aromatic carbocycles. The molecule has 2 heterocycles. The lowest BCUT2D eigenvalue weighted by Crippen LogP contribution is -2.44. The van der Waals surface area contributed by atoms with Gasteiger partial charge in [0.05, 0.1) is 11.8 Å². The van der Waals surface area contributed by atoms with Crippen LogP contribution in [0.25, 0.3) is 0 Å². The molecule has 4 nitrogen and oxygen atoms in total. The second kappa shape index (κ2) is 6.04. The van der Waals surface area contributed by atoms with Crippen molar-refractivity contribution in [2.75, 3.05) is 6.54 Å². The van der Waals surface area contributed by atoms with Crippen molar-refractivity contribution in [1.29, 1.82) is 0 Å². The van der Waals surface area contributed by atoms with Gasteiger partial charge in [-0.15, -0.1) is 0 Å². The number of Topliss-reactive ketones (excluding diaryl/α,β-unsaturated/α-hetero) is 1. The van der Waals surface area contributed by atoms with Crippen LogP contribution < -0.4 is 0 Å². The number of furan rings is 1. The number of likely N-dealkylation sites (tertiary alicyclic amines) is 1. The van der Waals surface area contributed by atoms with Crippen LogP contribution in [0.1, 0.15) is 55.6 Å². The number of amides is 1. The molecule has 2 rings (SSSR count). The predicted molar refractivity (Wildman–Crippen MR) is 72.1 cm³/mol. The molecule has 1 atom stereocenters. The number of ketones is 1. The Morgan fingerprint density at radius 2 is 2.21 bits per heavy atom. The van der Waals surface area contributed by atoms with E-state index in [9.17, 15) is 9.59 Å². The summed E-state index contributed by atoms with van der Waals surface area (Å²) in [6, 6.07) is 1.79. The Morgan fingerprint density at radius 3 is 2.89 bits per heavy atom. The van der Waals surface area contributed by atoms with Crippen LogP contribution in [-0.4, -0.2) is 29.2 Å². The highest BCUT2D eigenvalue weighted by Crippen LogP contribution is 2.24. The molecule has 1 fully saturated rings. The zero-order valence-electron chi connectivity index (χ0n) is 11.6. The van der Waals surface area contributed by atoms with Crippen molar-refractivity contribution in [3.8, 4) is 0 Å². The second-order valence-corrected chi connectivity index (χ2v) is 5.17. The lowest BCUT2D eigenvalue weighted by molar-refractivity contribution is -0.118. The molecule has 0 spiro atoms.